The second-order valence-electron chi connectivity index (χ2n) is 5.50. The molecule has 0 aromatic carbocycles. The number of unbranched alkanes of at least 4 members (excludes halogenated alkanes) is 10. The van der Waals surface area contributed by atoms with Crippen molar-refractivity contribution in [2.75, 3.05) is 0 Å². The smallest absolute Gasteiger partial charge is 0.310 e. The number of allylic oxidation sites excluding steroid dienone is 3. The van der Waals surface area contributed by atoms with E-state index in [1.54, 1.807) is 6.08 Å². The summed E-state index contributed by atoms with van der Waals surface area (Å²) < 4.78 is 4.48. The van der Waals surface area contributed by atoms with Crippen LogP contribution in [0.15, 0.2) is 24.2 Å². The molecule has 122 valence electrons. The van der Waals surface area contributed by atoms with Crippen molar-refractivity contribution < 1.29 is 14.6 Å². The number of hydrogen-bond donors (Lipinski definition) is 1. The Hall–Kier alpha value is -1.25. The molecule has 3 heteroatoms. The van der Waals surface area contributed by atoms with Crippen LogP contribution in [0.3, 0.4) is 0 Å². The first kappa shape index (κ1) is 19.8. The lowest BCUT2D eigenvalue weighted by atomic mass is 10.1. The van der Waals surface area contributed by atoms with Crippen molar-refractivity contribution in [1.82, 2.24) is 0 Å². The second kappa shape index (κ2) is 15.1. The predicted molar refractivity (Wildman–Crippen MR) is 88.1 cm³/mol. The van der Waals surface area contributed by atoms with E-state index in [9.17, 15) is 4.79 Å². The summed E-state index contributed by atoms with van der Waals surface area (Å²) >= 11 is 0. The zero-order chi connectivity index (χ0) is 15.8. The van der Waals surface area contributed by atoms with E-state index < -0.39 is 5.97 Å². The van der Waals surface area contributed by atoms with Crippen LogP contribution < -0.4 is 0 Å². The molecule has 0 aromatic heterocycles. The maximum Gasteiger partial charge on any atom is 0.310 e. The summed E-state index contributed by atoms with van der Waals surface area (Å²) in [6, 6.07) is 0. The van der Waals surface area contributed by atoms with Gasteiger partial charge in [-0.25, -0.2) is 0 Å². The van der Waals surface area contributed by atoms with Crippen LogP contribution in [0.1, 0.15) is 84.5 Å². The highest BCUT2D eigenvalue weighted by Crippen LogP contribution is 2.11. The van der Waals surface area contributed by atoms with Crippen molar-refractivity contribution in [3.63, 3.8) is 0 Å². The normalized spacial score (nSPS) is 12.0. The molecule has 0 unspecified atom stereocenters. The minimum absolute atomic E-state index is 0.346. The van der Waals surface area contributed by atoms with E-state index >= 15 is 0 Å². The van der Waals surface area contributed by atoms with E-state index in [0.29, 0.717) is 0 Å². The molecule has 0 atom stereocenters. The molecule has 1 N–H and O–H groups in total. The molecule has 0 amide bonds. The molecule has 0 fully saturated rings. The Morgan fingerprint density at radius 1 is 0.952 bits per heavy atom. The average molecular weight is 296 g/mol. The molecule has 0 bridgehead atoms. The number of ether oxygens (including phenoxy) is 1. The van der Waals surface area contributed by atoms with Crippen LogP contribution in [0, 0.1) is 0 Å². The van der Waals surface area contributed by atoms with Gasteiger partial charge in [0.25, 0.3) is 5.95 Å². The Labute approximate surface area is 130 Å². The predicted octanol–water partition coefficient (Wildman–Crippen LogP) is 5.82. The quantitative estimate of drug-likeness (QED) is 0.202. The van der Waals surface area contributed by atoms with Gasteiger partial charge in [-0.05, 0) is 12.8 Å². The molecule has 0 heterocycles. The molecule has 0 rings (SSSR count). The van der Waals surface area contributed by atoms with E-state index in [4.69, 9.17) is 5.11 Å². The van der Waals surface area contributed by atoms with Gasteiger partial charge >= 0.3 is 5.97 Å². The maximum atomic E-state index is 10.5. The Kier molecular flexibility index (Phi) is 14.2. The molecule has 0 saturated carbocycles. The number of hydrogen-bond acceptors (Lipinski definition) is 3. The van der Waals surface area contributed by atoms with Gasteiger partial charge in [-0.3, -0.25) is 4.79 Å². The van der Waals surface area contributed by atoms with Gasteiger partial charge in [0, 0.05) is 13.0 Å². The van der Waals surface area contributed by atoms with Gasteiger partial charge in [-0.2, -0.15) is 0 Å². The van der Waals surface area contributed by atoms with Crippen LogP contribution in [-0.4, -0.2) is 11.1 Å². The molecule has 0 spiro atoms. The minimum atomic E-state index is -0.508. The fourth-order valence-corrected chi connectivity index (χ4v) is 2.18. The van der Waals surface area contributed by atoms with E-state index in [1.165, 1.54) is 77.2 Å². The summed E-state index contributed by atoms with van der Waals surface area (Å²) in [5, 5.41) is 9.16. The third-order valence-corrected chi connectivity index (χ3v) is 3.35. The van der Waals surface area contributed by atoms with Crippen molar-refractivity contribution in [2.45, 2.75) is 84.5 Å². The average Bonchev–Trinajstić information content (AvgIpc) is 2.43. The Morgan fingerprint density at radius 2 is 1.48 bits per heavy atom. The van der Waals surface area contributed by atoms with Crippen molar-refractivity contribution in [3.05, 3.63) is 24.2 Å². The standard InChI is InChI=1S/C18H32O3/c1-3-4-5-6-7-8-9-10-11-12-13-14-15-16-18(20)21-17(2)19/h14-16,20H,3-13H2,1-2H3. The van der Waals surface area contributed by atoms with Gasteiger partial charge in [-0.1, -0.05) is 76.9 Å². The summed E-state index contributed by atoms with van der Waals surface area (Å²) in [4.78, 5) is 10.5. The van der Waals surface area contributed by atoms with Crippen LogP contribution in [-0.2, 0) is 9.53 Å². The van der Waals surface area contributed by atoms with Crippen molar-refractivity contribution in [1.29, 1.82) is 0 Å². The lowest BCUT2D eigenvalue weighted by Crippen LogP contribution is -1.96. The number of esters is 1. The summed E-state index contributed by atoms with van der Waals surface area (Å²) in [6.45, 7) is 3.51. The third-order valence-electron chi connectivity index (χ3n) is 3.35. The van der Waals surface area contributed by atoms with Gasteiger partial charge in [0.15, 0.2) is 0 Å². The maximum absolute atomic E-state index is 10.5. The fraction of sp³-hybridized carbons (Fsp3) is 0.722. The van der Waals surface area contributed by atoms with Gasteiger partial charge in [0.1, 0.15) is 0 Å². The molecule has 0 saturated heterocycles. The Balaban J connectivity index is 3.30. The number of aliphatic hydroxyl groups excluding tert-OH is 1. The summed E-state index contributed by atoms with van der Waals surface area (Å²) in [7, 11) is 0. The first-order valence-electron chi connectivity index (χ1n) is 8.41. The first-order valence-corrected chi connectivity index (χ1v) is 8.41. The number of rotatable bonds is 13. The molecule has 0 aliphatic rings. The van der Waals surface area contributed by atoms with Gasteiger partial charge in [-0.15, -0.1) is 0 Å². The van der Waals surface area contributed by atoms with E-state index in [-0.39, 0.29) is 5.95 Å². The Morgan fingerprint density at radius 3 is 2.00 bits per heavy atom. The Bertz CT molecular complexity index is 306. The van der Waals surface area contributed by atoms with Crippen molar-refractivity contribution in [2.24, 2.45) is 0 Å². The summed E-state index contributed by atoms with van der Waals surface area (Å²) in [5.74, 6) is -0.853. The SMILES string of the molecule is CCCCCCCCCCCCC=CC=C(O)OC(C)=O. The monoisotopic (exact) mass is 296 g/mol. The molecule has 0 radical (unpaired) electrons. The van der Waals surface area contributed by atoms with Crippen LogP contribution in [0.2, 0.25) is 0 Å². The van der Waals surface area contributed by atoms with E-state index in [1.807, 2.05) is 6.08 Å². The fourth-order valence-electron chi connectivity index (χ4n) is 2.18. The third kappa shape index (κ3) is 16.7. The molecular formula is C18H32O3. The highest BCUT2D eigenvalue weighted by atomic mass is 16.6. The van der Waals surface area contributed by atoms with E-state index in [2.05, 4.69) is 11.7 Å². The number of aliphatic hydroxyl groups is 1. The van der Waals surface area contributed by atoms with Crippen LogP contribution in [0.4, 0.5) is 0 Å². The molecule has 21 heavy (non-hydrogen) atoms. The first-order chi connectivity index (χ1) is 10.2. The highest BCUT2D eigenvalue weighted by molar-refractivity contribution is 5.66. The number of carbonyl (C=O) groups excluding carboxylic acids is 1. The van der Waals surface area contributed by atoms with E-state index in [0.717, 1.165) is 6.42 Å². The van der Waals surface area contributed by atoms with Crippen molar-refractivity contribution >= 4 is 5.97 Å². The largest absolute Gasteiger partial charge is 0.481 e. The topological polar surface area (TPSA) is 46.5 Å². The number of carbonyl (C=O) groups is 1. The lowest BCUT2D eigenvalue weighted by Gasteiger charge is -2.01. The van der Waals surface area contributed by atoms with Crippen LogP contribution in [0.25, 0.3) is 0 Å². The molecule has 0 aliphatic heterocycles. The summed E-state index contributed by atoms with van der Waals surface area (Å²) in [5.41, 5.74) is 0. The minimum Gasteiger partial charge on any atom is -0.481 e. The van der Waals surface area contributed by atoms with Crippen molar-refractivity contribution in [3.8, 4) is 0 Å². The van der Waals surface area contributed by atoms with Gasteiger partial charge in [0.2, 0.25) is 0 Å². The second-order valence-corrected chi connectivity index (χ2v) is 5.50. The summed E-state index contributed by atoms with van der Waals surface area (Å²) in [6.07, 6.45) is 19.5. The molecule has 0 aliphatic carbocycles. The zero-order valence-electron chi connectivity index (χ0n) is 13.8. The molecule has 0 aromatic rings. The van der Waals surface area contributed by atoms with Gasteiger partial charge < -0.3 is 9.84 Å². The highest BCUT2D eigenvalue weighted by Gasteiger charge is 1.95. The van der Waals surface area contributed by atoms with Gasteiger partial charge in [0.05, 0.1) is 0 Å². The zero-order valence-corrected chi connectivity index (χ0v) is 13.8. The molecule has 3 nitrogen and oxygen atoms in total. The van der Waals surface area contributed by atoms with Crippen LogP contribution in [0.5, 0.6) is 0 Å². The van der Waals surface area contributed by atoms with Crippen LogP contribution >= 0.6 is 0 Å². The lowest BCUT2D eigenvalue weighted by molar-refractivity contribution is -0.140. The molecular weight excluding hydrogens is 264 g/mol.